The van der Waals surface area contributed by atoms with Gasteiger partial charge in [-0.25, -0.2) is 9.50 Å². The largest absolute Gasteiger partial charge is 0.522 e. The van der Waals surface area contributed by atoms with E-state index in [1.165, 1.54) is 32.1 Å². The SMILES string of the molecule is CC1(NC(=O)O[S][Sb]2[CH2]CO[CH2]2)CC1.FC(F)(F)OCc1cc2c(Nc3ccn[nH]3)nccn2n1. The molecule has 3 aromatic rings. The third-order valence-corrected chi connectivity index (χ3v) is 13.0. The van der Waals surface area contributed by atoms with Crippen molar-refractivity contribution in [1.82, 2.24) is 30.1 Å². The van der Waals surface area contributed by atoms with Gasteiger partial charge < -0.3 is 5.32 Å². The first kappa shape index (κ1) is 25.9. The zero-order valence-corrected chi connectivity index (χ0v) is 21.9. The Bertz CT molecular complexity index is 1120. The predicted molar refractivity (Wildman–Crippen MR) is 122 cm³/mol. The van der Waals surface area contributed by atoms with Gasteiger partial charge in [0.05, 0.1) is 11.9 Å². The number of rotatable bonds is 7. The summed E-state index contributed by atoms with van der Waals surface area (Å²) in [6, 6.07) is 3.16. The molecule has 2 aliphatic rings. The van der Waals surface area contributed by atoms with E-state index in [-0.39, 0.29) is 17.3 Å². The van der Waals surface area contributed by atoms with Gasteiger partial charge in [-0.05, 0) is 6.07 Å². The number of nitrogens with one attached hydrogen (secondary N) is 3. The number of ether oxygens (including phenoxy) is 2. The first-order valence-electron chi connectivity index (χ1n) is 10.5. The van der Waals surface area contributed by atoms with Gasteiger partial charge >= 0.3 is 100 Å². The van der Waals surface area contributed by atoms with Crippen LogP contribution >= 0.6 is 9.13 Å². The minimum absolute atomic E-state index is 0.0242. The number of H-pyrrole nitrogens is 1. The van der Waals surface area contributed by atoms with Crippen LogP contribution in [0.1, 0.15) is 25.5 Å². The zero-order chi connectivity index (χ0) is 24.9. The molecular weight excluding hydrogens is 601 g/mol. The third kappa shape index (κ3) is 8.16. The van der Waals surface area contributed by atoms with E-state index in [0.29, 0.717) is 17.2 Å². The summed E-state index contributed by atoms with van der Waals surface area (Å²) in [7, 11) is 1.41. The molecule has 0 unspecified atom stereocenters. The van der Waals surface area contributed by atoms with Crippen molar-refractivity contribution in [3.8, 4) is 0 Å². The Morgan fingerprint density at radius 1 is 1.40 bits per heavy atom. The van der Waals surface area contributed by atoms with Crippen LogP contribution in [0.25, 0.3) is 5.52 Å². The number of amides is 1. The quantitative estimate of drug-likeness (QED) is 0.267. The third-order valence-electron chi connectivity index (χ3n) is 4.92. The van der Waals surface area contributed by atoms with Gasteiger partial charge in [0.25, 0.3) is 0 Å². The fourth-order valence-corrected chi connectivity index (χ4v) is 8.96. The van der Waals surface area contributed by atoms with Crippen LogP contribution in [0.5, 0.6) is 0 Å². The standard InChI is InChI=1S/C11H9F3N6O.C5H9NO2S.C3H6O.Sb/c12-11(13,14)21-6-7-5-8-10(15-3-4-20(8)19-7)17-9-1-2-16-18-9;1-5(2-3-5)6-4(7)8-9;1-3-4-2;/h1-5H,6H2,(H2,15,16,17,18);9H,2-3H2,1H3,(H,6,7);1-3H2;/q;;;+1/p-1. The second kappa shape index (κ2) is 11.2. The fraction of sp³-hybridized carbons (Fsp3) is 0.474. The number of hydrogen-bond donors (Lipinski definition) is 3. The van der Waals surface area contributed by atoms with Gasteiger partial charge in [0.2, 0.25) is 0 Å². The van der Waals surface area contributed by atoms with Gasteiger partial charge in [-0.1, -0.05) is 0 Å². The van der Waals surface area contributed by atoms with E-state index < -0.39 is 31.8 Å². The Labute approximate surface area is 208 Å². The van der Waals surface area contributed by atoms with Crippen molar-refractivity contribution in [2.45, 2.75) is 42.6 Å². The van der Waals surface area contributed by atoms with Gasteiger partial charge in [0.15, 0.2) is 5.82 Å². The van der Waals surface area contributed by atoms with E-state index in [2.05, 4.69) is 35.7 Å². The van der Waals surface area contributed by atoms with E-state index in [1.54, 1.807) is 12.3 Å². The number of nitrogens with zero attached hydrogens (tertiary/aromatic N) is 4. The van der Waals surface area contributed by atoms with Gasteiger partial charge in [-0.3, -0.25) is 9.84 Å². The number of aromatic nitrogens is 5. The molecule has 1 saturated heterocycles. The molecule has 0 atom stereocenters. The van der Waals surface area contributed by atoms with Crippen LogP contribution in [-0.4, -0.2) is 72.8 Å². The average molecular weight is 624 g/mol. The van der Waals surface area contributed by atoms with E-state index in [1.807, 2.05) is 6.92 Å². The Balaban J connectivity index is 0.000000179. The van der Waals surface area contributed by atoms with Crippen LogP contribution in [0.15, 0.2) is 30.7 Å². The molecule has 1 aliphatic carbocycles. The molecule has 190 valence electrons. The maximum absolute atomic E-state index is 12.0. The summed E-state index contributed by atoms with van der Waals surface area (Å²) in [5.41, 5.74) is 0.692. The van der Waals surface area contributed by atoms with Gasteiger partial charge in [0.1, 0.15) is 17.9 Å². The Morgan fingerprint density at radius 2 is 2.23 bits per heavy atom. The summed E-state index contributed by atoms with van der Waals surface area (Å²) in [6.07, 6.45) is 1.75. The Hall–Kier alpha value is -2.22. The minimum Gasteiger partial charge on any atom is -0.324 e. The van der Waals surface area contributed by atoms with Crippen molar-refractivity contribution in [3.63, 3.8) is 0 Å². The molecule has 0 spiro atoms. The number of halogens is 3. The molecule has 1 saturated carbocycles. The fourth-order valence-electron chi connectivity index (χ4n) is 2.87. The van der Waals surface area contributed by atoms with Crippen LogP contribution in [-0.2, 0) is 20.3 Å². The summed E-state index contributed by atoms with van der Waals surface area (Å²) in [5, 5.41) is 16.3. The summed E-state index contributed by atoms with van der Waals surface area (Å²) in [4.78, 5) is 15.4. The summed E-state index contributed by atoms with van der Waals surface area (Å²) in [5.74, 6) is 1.04. The minimum atomic E-state index is -4.69. The first-order chi connectivity index (χ1) is 16.7. The van der Waals surface area contributed by atoms with Gasteiger partial charge in [-0.2, -0.15) is 10.2 Å². The number of fused-ring (bicyclic) bond motifs is 1. The molecule has 1 amide bonds. The summed E-state index contributed by atoms with van der Waals surface area (Å²) < 4.78 is 53.7. The Kier molecular flexibility index (Phi) is 8.30. The van der Waals surface area contributed by atoms with Crippen molar-refractivity contribution < 1.29 is 31.6 Å². The van der Waals surface area contributed by atoms with E-state index in [0.717, 1.165) is 28.4 Å². The monoisotopic (exact) mass is 623 g/mol. The number of aromatic amines is 1. The molecule has 5 rings (SSSR count). The summed E-state index contributed by atoms with van der Waals surface area (Å²) >= 11 is -1.38. The molecule has 35 heavy (non-hydrogen) atoms. The molecule has 11 nitrogen and oxygen atoms in total. The van der Waals surface area contributed by atoms with Crippen molar-refractivity contribution in [2.75, 3.05) is 16.5 Å². The van der Waals surface area contributed by atoms with Gasteiger partial charge in [0, 0.05) is 18.5 Å². The summed E-state index contributed by atoms with van der Waals surface area (Å²) in [6.45, 7) is 2.24. The van der Waals surface area contributed by atoms with E-state index in [9.17, 15) is 18.0 Å². The smallest absolute Gasteiger partial charge is 0.324 e. The number of hydrogen-bond acceptors (Lipinski definition) is 9. The van der Waals surface area contributed by atoms with Crippen molar-refractivity contribution in [3.05, 3.63) is 36.4 Å². The number of carbonyl (C=O) groups is 1. The van der Waals surface area contributed by atoms with Crippen LogP contribution < -0.4 is 10.6 Å². The molecule has 2 fully saturated rings. The number of anilines is 2. The predicted octanol–water partition coefficient (Wildman–Crippen LogP) is 3.71. The molecule has 4 heterocycles. The topological polar surface area (TPSA) is 128 Å². The van der Waals surface area contributed by atoms with Crippen molar-refractivity contribution in [2.24, 2.45) is 0 Å². The molecule has 1 aliphatic heterocycles. The average Bonchev–Trinajstić information content (AvgIpc) is 3.29. The maximum atomic E-state index is 12.0. The van der Waals surface area contributed by atoms with E-state index >= 15 is 0 Å². The number of alkyl halides is 3. The molecular formula is C19H23F3N7O4SSb. The molecule has 3 aromatic heterocycles. The molecule has 0 aromatic carbocycles. The molecule has 0 radical (unpaired) electrons. The van der Waals surface area contributed by atoms with Crippen LogP contribution in [0, 0.1) is 0 Å². The van der Waals surface area contributed by atoms with E-state index in [4.69, 9.17) is 8.92 Å². The first-order valence-corrected chi connectivity index (χ1v) is 17.9. The molecule has 0 bridgehead atoms. The molecule has 3 N–H and O–H groups in total. The zero-order valence-electron chi connectivity index (χ0n) is 18.5. The van der Waals surface area contributed by atoms with Crippen LogP contribution in [0.4, 0.5) is 29.6 Å². The second-order valence-electron chi connectivity index (χ2n) is 7.94. The Morgan fingerprint density at radius 3 is 2.89 bits per heavy atom. The maximum Gasteiger partial charge on any atom is 0.522 e. The van der Waals surface area contributed by atoms with Crippen LogP contribution in [0.2, 0.25) is 4.37 Å². The van der Waals surface area contributed by atoms with Crippen molar-refractivity contribution >= 4 is 51.2 Å². The van der Waals surface area contributed by atoms with Crippen LogP contribution in [0.3, 0.4) is 0 Å². The normalized spacial score (nSPS) is 17.0. The van der Waals surface area contributed by atoms with Crippen molar-refractivity contribution in [1.29, 1.82) is 0 Å². The van der Waals surface area contributed by atoms with Gasteiger partial charge in [-0.15, -0.1) is 13.2 Å². The molecule has 16 heteroatoms. The second-order valence-corrected chi connectivity index (χ2v) is 17.8. The number of carbonyl (C=O) groups excluding carboxylic acids is 1.